The SMILES string of the molecule is C=C(CNCCN(C)C(=O)C(=C)C)O[C@@H](CC)CCC(C)OC. The number of nitrogens with zero attached hydrogens (tertiary/aromatic N) is 1. The topological polar surface area (TPSA) is 50.8 Å². The first-order chi connectivity index (χ1) is 10.8. The Labute approximate surface area is 141 Å². The molecule has 0 aromatic heterocycles. The zero-order valence-corrected chi connectivity index (χ0v) is 15.5. The highest BCUT2D eigenvalue weighted by Crippen LogP contribution is 2.13. The quantitative estimate of drug-likeness (QED) is 0.321. The van der Waals surface area contributed by atoms with E-state index in [9.17, 15) is 4.79 Å². The second kappa shape index (κ2) is 12.1. The lowest BCUT2D eigenvalue weighted by Crippen LogP contribution is -2.35. The predicted molar refractivity (Wildman–Crippen MR) is 95.3 cm³/mol. The molecular weight excluding hydrogens is 292 g/mol. The van der Waals surface area contributed by atoms with Crippen LogP contribution in [0.15, 0.2) is 24.5 Å². The molecule has 0 aromatic carbocycles. The van der Waals surface area contributed by atoms with Gasteiger partial charge in [-0.3, -0.25) is 4.79 Å². The zero-order chi connectivity index (χ0) is 17.8. The molecule has 1 unspecified atom stereocenters. The maximum atomic E-state index is 11.7. The molecule has 0 bridgehead atoms. The molecule has 0 rings (SSSR count). The third-order valence-electron chi connectivity index (χ3n) is 3.74. The second-order valence-electron chi connectivity index (χ2n) is 5.99. The van der Waals surface area contributed by atoms with Gasteiger partial charge < -0.3 is 19.7 Å². The van der Waals surface area contributed by atoms with Crippen molar-refractivity contribution in [2.75, 3.05) is 33.8 Å². The first kappa shape index (κ1) is 21.7. The van der Waals surface area contributed by atoms with Crippen LogP contribution in [0.25, 0.3) is 0 Å². The van der Waals surface area contributed by atoms with E-state index in [4.69, 9.17) is 9.47 Å². The minimum Gasteiger partial charge on any atom is -0.494 e. The number of likely N-dealkylation sites (N-methyl/N-ethyl adjacent to an activating group) is 1. The van der Waals surface area contributed by atoms with E-state index >= 15 is 0 Å². The fourth-order valence-corrected chi connectivity index (χ4v) is 2.06. The largest absolute Gasteiger partial charge is 0.494 e. The number of nitrogens with one attached hydrogen (secondary N) is 1. The monoisotopic (exact) mass is 326 g/mol. The Kier molecular flexibility index (Phi) is 11.4. The molecule has 5 heteroatoms. The maximum Gasteiger partial charge on any atom is 0.248 e. The fourth-order valence-electron chi connectivity index (χ4n) is 2.06. The third kappa shape index (κ3) is 10.1. The predicted octanol–water partition coefficient (Wildman–Crippen LogP) is 2.73. The van der Waals surface area contributed by atoms with Crippen LogP contribution in [0, 0.1) is 0 Å². The Morgan fingerprint density at radius 3 is 2.48 bits per heavy atom. The Morgan fingerprint density at radius 1 is 1.30 bits per heavy atom. The van der Waals surface area contributed by atoms with Crippen LogP contribution in [0.4, 0.5) is 0 Å². The van der Waals surface area contributed by atoms with Crippen molar-refractivity contribution in [1.82, 2.24) is 10.2 Å². The fraction of sp³-hybridized carbons (Fsp3) is 0.722. The van der Waals surface area contributed by atoms with Crippen LogP contribution in [0.2, 0.25) is 0 Å². The molecule has 0 aliphatic rings. The average Bonchev–Trinajstić information content (AvgIpc) is 2.53. The number of carbonyl (C=O) groups excluding carboxylic acids is 1. The van der Waals surface area contributed by atoms with Gasteiger partial charge in [-0.15, -0.1) is 0 Å². The van der Waals surface area contributed by atoms with E-state index < -0.39 is 0 Å². The minimum atomic E-state index is -0.0276. The van der Waals surface area contributed by atoms with E-state index in [1.54, 1.807) is 26.0 Å². The van der Waals surface area contributed by atoms with E-state index in [0.717, 1.165) is 25.0 Å². The standard InChI is InChI=1S/C18H34N2O3/c1-8-17(10-9-15(4)22-7)23-16(5)13-19-11-12-20(6)18(21)14(2)3/h15,17,19H,2,5,8-13H2,1,3-4,6-7H3/t15?,17-/m0/s1. The number of hydrogen-bond acceptors (Lipinski definition) is 4. The molecule has 0 fully saturated rings. The molecule has 0 saturated carbocycles. The number of ether oxygens (including phenoxy) is 2. The summed E-state index contributed by atoms with van der Waals surface area (Å²) in [4.78, 5) is 13.3. The van der Waals surface area contributed by atoms with Crippen LogP contribution >= 0.6 is 0 Å². The van der Waals surface area contributed by atoms with Crippen LogP contribution < -0.4 is 5.32 Å². The summed E-state index contributed by atoms with van der Waals surface area (Å²) in [6.07, 6.45) is 3.31. The highest BCUT2D eigenvalue weighted by Gasteiger charge is 2.12. The highest BCUT2D eigenvalue weighted by atomic mass is 16.5. The summed E-state index contributed by atoms with van der Waals surface area (Å²) in [5.74, 6) is 0.705. The summed E-state index contributed by atoms with van der Waals surface area (Å²) in [5, 5.41) is 3.24. The van der Waals surface area contributed by atoms with Gasteiger partial charge in [0.2, 0.25) is 5.91 Å². The van der Waals surface area contributed by atoms with Gasteiger partial charge in [0.05, 0.1) is 18.8 Å². The van der Waals surface area contributed by atoms with Crippen LogP contribution in [0.1, 0.15) is 40.0 Å². The first-order valence-corrected chi connectivity index (χ1v) is 8.30. The van der Waals surface area contributed by atoms with Crippen molar-refractivity contribution >= 4 is 5.91 Å². The second-order valence-corrected chi connectivity index (χ2v) is 5.99. The molecule has 134 valence electrons. The molecule has 1 N–H and O–H groups in total. The Balaban J connectivity index is 3.92. The minimum absolute atomic E-state index is 0.0276. The van der Waals surface area contributed by atoms with Gasteiger partial charge in [0.15, 0.2) is 0 Å². The number of carbonyl (C=O) groups is 1. The smallest absolute Gasteiger partial charge is 0.248 e. The summed E-state index contributed by atoms with van der Waals surface area (Å²) < 4.78 is 11.1. The number of hydrogen-bond donors (Lipinski definition) is 1. The van der Waals surface area contributed by atoms with E-state index in [2.05, 4.69) is 32.3 Å². The lowest BCUT2D eigenvalue weighted by atomic mass is 10.1. The van der Waals surface area contributed by atoms with Crippen molar-refractivity contribution < 1.29 is 14.3 Å². The summed E-state index contributed by atoms with van der Waals surface area (Å²) >= 11 is 0. The van der Waals surface area contributed by atoms with Crippen LogP contribution in [-0.2, 0) is 14.3 Å². The molecule has 0 saturated heterocycles. The lowest BCUT2D eigenvalue weighted by molar-refractivity contribution is -0.125. The summed E-state index contributed by atoms with van der Waals surface area (Å²) in [7, 11) is 3.50. The van der Waals surface area contributed by atoms with E-state index in [-0.39, 0.29) is 18.1 Å². The molecule has 0 heterocycles. The van der Waals surface area contributed by atoms with Crippen molar-refractivity contribution in [2.45, 2.75) is 52.2 Å². The summed E-state index contributed by atoms with van der Waals surface area (Å²) in [6.45, 7) is 15.4. The normalized spacial score (nSPS) is 13.3. The van der Waals surface area contributed by atoms with Gasteiger partial charge >= 0.3 is 0 Å². The van der Waals surface area contributed by atoms with Crippen LogP contribution in [-0.4, -0.2) is 56.8 Å². The first-order valence-electron chi connectivity index (χ1n) is 8.30. The van der Waals surface area contributed by atoms with Crippen molar-refractivity contribution in [2.24, 2.45) is 0 Å². The van der Waals surface area contributed by atoms with Crippen LogP contribution in [0.3, 0.4) is 0 Å². The summed E-state index contributed by atoms with van der Waals surface area (Å²) in [6, 6.07) is 0. The maximum absolute atomic E-state index is 11.7. The summed E-state index contributed by atoms with van der Waals surface area (Å²) in [5.41, 5.74) is 0.552. The van der Waals surface area contributed by atoms with Gasteiger partial charge in [0.25, 0.3) is 0 Å². The molecule has 5 nitrogen and oxygen atoms in total. The molecule has 23 heavy (non-hydrogen) atoms. The van der Waals surface area contributed by atoms with Gasteiger partial charge in [-0.2, -0.15) is 0 Å². The van der Waals surface area contributed by atoms with E-state index in [1.165, 1.54) is 0 Å². The molecule has 0 aliphatic heterocycles. The van der Waals surface area contributed by atoms with Gasteiger partial charge in [-0.05, 0) is 33.1 Å². The number of methoxy groups -OCH3 is 1. The molecule has 1 amide bonds. The van der Waals surface area contributed by atoms with Gasteiger partial charge in [-0.1, -0.05) is 20.1 Å². The zero-order valence-electron chi connectivity index (χ0n) is 15.5. The number of amides is 1. The third-order valence-corrected chi connectivity index (χ3v) is 3.74. The molecule has 0 spiro atoms. The Morgan fingerprint density at radius 2 is 1.96 bits per heavy atom. The average molecular weight is 326 g/mol. The van der Waals surface area contributed by atoms with Crippen molar-refractivity contribution in [1.29, 1.82) is 0 Å². The molecule has 0 aromatic rings. The van der Waals surface area contributed by atoms with Crippen LogP contribution in [0.5, 0.6) is 0 Å². The molecule has 0 aliphatic carbocycles. The molecular formula is C18H34N2O3. The van der Waals surface area contributed by atoms with Crippen molar-refractivity contribution in [3.63, 3.8) is 0 Å². The lowest BCUT2D eigenvalue weighted by Gasteiger charge is -2.21. The van der Waals surface area contributed by atoms with Gasteiger partial charge in [0, 0.05) is 32.8 Å². The Hall–Kier alpha value is -1.33. The molecule has 0 radical (unpaired) electrons. The number of rotatable bonds is 13. The van der Waals surface area contributed by atoms with Crippen molar-refractivity contribution in [3.8, 4) is 0 Å². The Bertz CT molecular complexity index is 382. The van der Waals surface area contributed by atoms with Crippen molar-refractivity contribution in [3.05, 3.63) is 24.5 Å². The van der Waals surface area contributed by atoms with Gasteiger partial charge in [0.1, 0.15) is 5.76 Å². The van der Waals surface area contributed by atoms with E-state index in [0.29, 0.717) is 25.2 Å². The van der Waals surface area contributed by atoms with E-state index in [1.807, 2.05) is 0 Å². The molecule has 2 atom stereocenters. The highest BCUT2D eigenvalue weighted by molar-refractivity contribution is 5.91. The van der Waals surface area contributed by atoms with Gasteiger partial charge in [-0.25, -0.2) is 0 Å².